The van der Waals surface area contributed by atoms with Crippen molar-refractivity contribution in [3.05, 3.63) is 214 Å². The van der Waals surface area contributed by atoms with E-state index in [9.17, 15) is 0 Å². The van der Waals surface area contributed by atoms with E-state index in [0.29, 0.717) is 44.7 Å². The Labute approximate surface area is 579 Å². The minimum atomic E-state index is -0.0985. The molecule has 0 aromatic heterocycles. The maximum atomic E-state index is 5.62. The van der Waals surface area contributed by atoms with Gasteiger partial charge in [0.25, 0.3) is 0 Å². The summed E-state index contributed by atoms with van der Waals surface area (Å²) in [5.74, 6) is 3.44. The second kappa shape index (κ2) is 44.7. The summed E-state index contributed by atoms with van der Waals surface area (Å²) in [6, 6.07) is 58.4. The Morgan fingerprint density at radius 1 is 0.448 bits per heavy atom. The van der Waals surface area contributed by atoms with Crippen molar-refractivity contribution in [1.82, 2.24) is 0 Å². The van der Waals surface area contributed by atoms with Crippen molar-refractivity contribution >= 4 is 0 Å². The van der Waals surface area contributed by atoms with Crippen molar-refractivity contribution in [3.63, 3.8) is 0 Å². The number of fused-ring (bicyclic) bond motifs is 2. The summed E-state index contributed by atoms with van der Waals surface area (Å²) in [5, 5.41) is 0. The Bertz CT molecular complexity index is 2790. The van der Waals surface area contributed by atoms with Gasteiger partial charge in [0.05, 0.1) is 38.1 Å². The van der Waals surface area contributed by atoms with Crippen molar-refractivity contribution in [2.24, 2.45) is 23.2 Å². The van der Waals surface area contributed by atoms with Gasteiger partial charge in [-0.25, -0.2) is 0 Å². The van der Waals surface area contributed by atoms with Gasteiger partial charge >= 0.3 is 0 Å². The Morgan fingerprint density at radius 3 is 1.21 bits per heavy atom. The summed E-state index contributed by atoms with van der Waals surface area (Å²) in [5.41, 5.74) is 10.7. The molecule has 0 bridgehead atoms. The first-order chi connectivity index (χ1) is 46.4. The Balaban J connectivity index is 0.000000204. The van der Waals surface area contributed by atoms with E-state index < -0.39 is 0 Å². The molecule has 5 aliphatic rings. The molecule has 0 amide bonds. The zero-order valence-electron chi connectivity index (χ0n) is 61.7. The third-order valence-electron chi connectivity index (χ3n) is 19.0. The van der Waals surface area contributed by atoms with E-state index in [1.54, 1.807) is 49.8 Å². The lowest BCUT2D eigenvalue weighted by atomic mass is 9.65. The third-order valence-corrected chi connectivity index (χ3v) is 19.0. The van der Waals surface area contributed by atoms with Crippen LogP contribution < -0.4 is 0 Å². The molecule has 6 aromatic rings. The SMILES string of the molecule is CC1CCC(C(C)(C)C)C(C)C1.CCC(OC)c1ccccc1.CCC1OCOC2C(CC)OCOC12.COC(c1ccccc1)C(OC)c1ccccc1.COC1COC2C(OC)COC12.COCC(OC)c1ccccc1.Cc1ccc(CC(C)c2ccc(C)cc2)cc1. The van der Waals surface area contributed by atoms with Crippen LogP contribution in [0.4, 0.5) is 0 Å². The van der Waals surface area contributed by atoms with Crippen LogP contribution in [0.5, 0.6) is 0 Å². The molecule has 6 aromatic carbocycles. The topological polar surface area (TPSA) is 120 Å². The normalized spacial score (nSPS) is 24.8. The van der Waals surface area contributed by atoms with Gasteiger partial charge in [-0.3, -0.25) is 0 Å². The Hall–Kier alpha value is -5.20. The van der Waals surface area contributed by atoms with Crippen molar-refractivity contribution in [2.75, 3.05) is 83.2 Å². The highest BCUT2D eigenvalue weighted by atomic mass is 16.8. The van der Waals surface area contributed by atoms with Crippen LogP contribution in [-0.4, -0.2) is 132 Å². The predicted molar refractivity (Wildman–Crippen MR) is 387 cm³/mol. The van der Waals surface area contributed by atoms with Crippen LogP contribution in [-0.2, 0) is 68.0 Å². The van der Waals surface area contributed by atoms with Crippen LogP contribution in [0.2, 0.25) is 0 Å². The van der Waals surface area contributed by atoms with Crippen molar-refractivity contribution in [1.29, 1.82) is 0 Å². The van der Waals surface area contributed by atoms with Gasteiger partial charge in [0.15, 0.2) is 0 Å². The average molecular weight is 1330 g/mol. The largest absolute Gasteiger partial charge is 0.382 e. The van der Waals surface area contributed by atoms with Crippen LogP contribution in [0.15, 0.2) is 170 Å². The molecule has 0 spiro atoms. The fourth-order valence-electron chi connectivity index (χ4n) is 13.5. The van der Waals surface area contributed by atoms with Gasteiger partial charge < -0.3 is 61.6 Å². The van der Waals surface area contributed by atoms with E-state index in [4.69, 9.17) is 61.6 Å². The first-order valence-electron chi connectivity index (χ1n) is 35.1. The Kier molecular flexibility index (Phi) is 38.0. The zero-order valence-corrected chi connectivity index (χ0v) is 61.7. The van der Waals surface area contributed by atoms with E-state index in [2.05, 4.69) is 161 Å². The number of rotatable bonds is 19. The zero-order chi connectivity index (χ0) is 69.8. The van der Waals surface area contributed by atoms with Gasteiger partial charge in [0.1, 0.15) is 68.5 Å². The molecule has 13 heteroatoms. The van der Waals surface area contributed by atoms with E-state index in [1.807, 2.05) is 84.9 Å². The summed E-state index contributed by atoms with van der Waals surface area (Å²) in [4.78, 5) is 0. The molecule has 1 aliphatic carbocycles. The number of hydrogen-bond acceptors (Lipinski definition) is 13. The minimum absolute atomic E-state index is 0.0486. The number of methoxy groups -OCH3 is 7. The van der Waals surface area contributed by atoms with Gasteiger partial charge in [0.2, 0.25) is 0 Å². The standard InChI is InChI=1S/C17H20.C16H18O2.C12H24.C10H18O4.C10H14O2.C10H14O.C8H14O4/c1-13-4-8-16(9-5-13)12-15(3)17-10-6-14(2)7-11-17;1-17-15(13-9-5-3-6-10-13)16(18-2)14-11-7-4-8-12-14;1-9-6-7-11(10(2)8-9)12(3,4)5;1-3-7-9-10(14-5-11-7)8(4-2)12-6-13-9;1-11-8-10(12-2)9-6-4-3-5-7-9;1-3-10(11-2)9-7-5-4-6-8-9;1-9-5-3-11-8-6(10-2)4-12-7(5)8/h4-11,15H,12H2,1-3H3;3-12,15-16H,1-2H3;9-11H,6-8H2,1-5H3;7-10H,3-6H2,1-2H3;3-7,10H,8H2,1-2H3;4-8,10H,3H2,1-2H3;5-8H,3-4H2,1-2H3. The number of aryl methyl sites for hydroxylation is 2. The summed E-state index contributed by atoms with van der Waals surface area (Å²) >= 11 is 0. The van der Waals surface area contributed by atoms with Crippen LogP contribution >= 0.6 is 0 Å². The quantitative estimate of drug-likeness (QED) is 0.0766. The molecule has 13 nitrogen and oxygen atoms in total. The second-order valence-corrected chi connectivity index (χ2v) is 27.0. The summed E-state index contributed by atoms with van der Waals surface area (Å²) in [6.07, 6.45) is 9.24. The molecule has 5 fully saturated rings. The highest BCUT2D eigenvalue weighted by molar-refractivity contribution is 5.29. The Morgan fingerprint density at radius 2 is 0.854 bits per heavy atom. The average Bonchev–Trinajstić information content (AvgIpc) is 1.50. The monoisotopic (exact) mass is 1330 g/mol. The second-order valence-electron chi connectivity index (χ2n) is 27.0. The molecule has 0 N–H and O–H groups in total. The van der Waals surface area contributed by atoms with Crippen LogP contribution in [0.25, 0.3) is 0 Å². The maximum absolute atomic E-state index is 5.62. The van der Waals surface area contributed by atoms with Gasteiger partial charge in [-0.1, -0.05) is 250 Å². The first-order valence-corrected chi connectivity index (χ1v) is 35.1. The first kappa shape index (κ1) is 81.5. The fraction of sp³-hybridized carbons (Fsp3) is 0.566. The lowest BCUT2D eigenvalue weighted by Gasteiger charge is -2.43. The number of ether oxygens (including phenoxy) is 13. The molecule has 4 heterocycles. The van der Waals surface area contributed by atoms with Crippen molar-refractivity contribution in [3.8, 4) is 0 Å². The molecule has 11 rings (SSSR count). The van der Waals surface area contributed by atoms with E-state index >= 15 is 0 Å². The molecular weight excluding hydrogens is 1200 g/mol. The van der Waals surface area contributed by atoms with Crippen molar-refractivity contribution in [2.45, 2.75) is 200 Å². The van der Waals surface area contributed by atoms with E-state index in [1.165, 1.54) is 47.1 Å². The molecule has 96 heavy (non-hydrogen) atoms. The lowest BCUT2D eigenvalue weighted by Crippen LogP contribution is -2.56. The van der Waals surface area contributed by atoms with E-state index in [0.717, 1.165) is 60.1 Å². The van der Waals surface area contributed by atoms with Crippen LogP contribution in [0, 0.1) is 37.0 Å². The van der Waals surface area contributed by atoms with Crippen LogP contribution in [0.1, 0.15) is 176 Å². The molecule has 4 saturated heterocycles. The smallest absolute Gasteiger partial charge is 0.147 e. The van der Waals surface area contributed by atoms with Crippen LogP contribution in [0.3, 0.4) is 0 Å². The number of benzene rings is 6. The molecule has 16 atom stereocenters. The van der Waals surface area contributed by atoms with Gasteiger partial charge in [-0.05, 0) is 115 Å². The molecular formula is C83H122O13. The fourth-order valence-corrected chi connectivity index (χ4v) is 13.5. The van der Waals surface area contributed by atoms with Gasteiger partial charge in [0, 0.05) is 49.8 Å². The predicted octanol–water partition coefficient (Wildman–Crippen LogP) is 18.4. The summed E-state index contributed by atoms with van der Waals surface area (Å²) < 4.78 is 70.3. The molecule has 4 aliphatic heterocycles. The summed E-state index contributed by atoms with van der Waals surface area (Å²) in [7, 11) is 11.9. The third kappa shape index (κ3) is 26.5. The van der Waals surface area contributed by atoms with E-state index in [-0.39, 0.29) is 73.2 Å². The van der Waals surface area contributed by atoms with Crippen molar-refractivity contribution < 1.29 is 61.6 Å². The lowest BCUT2D eigenvalue weighted by molar-refractivity contribution is -0.322. The molecule has 16 unspecified atom stereocenters. The highest BCUT2D eigenvalue weighted by Gasteiger charge is 2.48. The van der Waals surface area contributed by atoms with Gasteiger partial charge in [-0.15, -0.1) is 0 Å². The molecule has 0 radical (unpaired) electrons. The maximum Gasteiger partial charge on any atom is 0.147 e. The molecule has 1 saturated carbocycles. The highest BCUT2D eigenvalue weighted by Crippen LogP contribution is 2.43. The minimum Gasteiger partial charge on any atom is -0.382 e. The summed E-state index contributed by atoms with van der Waals surface area (Å²) in [6.45, 7) is 27.5. The number of hydrogen-bond donors (Lipinski definition) is 0. The van der Waals surface area contributed by atoms with Gasteiger partial charge in [-0.2, -0.15) is 0 Å². The molecule has 532 valence electrons.